The Kier molecular flexibility index (Phi) is 5.06. The van der Waals surface area contributed by atoms with E-state index < -0.39 is 0 Å². The zero-order valence-corrected chi connectivity index (χ0v) is 12.3. The number of carbonyl (C=O) groups excluding carboxylic acids is 1. The molecule has 1 nitrogen and oxygen atoms in total. The van der Waals surface area contributed by atoms with E-state index in [0.29, 0.717) is 11.5 Å². The Hall–Kier alpha value is -0.280. The van der Waals surface area contributed by atoms with Crippen LogP contribution in [0.1, 0.15) is 26.3 Å². The maximum absolute atomic E-state index is 11.7. The van der Waals surface area contributed by atoms with Crippen LogP contribution < -0.4 is 0 Å². The van der Waals surface area contributed by atoms with Crippen molar-refractivity contribution in [1.29, 1.82) is 0 Å². The van der Waals surface area contributed by atoms with Gasteiger partial charge in [-0.25, -0.2) is 0 Å². The molecule has 0 aliphatic heterocycles. The SMILES string of the molecule is CC(C)(C)C(=O)CSCc1ccc(Br)cc1. The minimum atomic E-state index is -0.216. The summed E-state index contributed by atoms with van der Waals surface area (Å²) in [6, 6.07) is 8.22. The highest BCUT2D eigenvalue weighted by Gasteiger charge is 2.20. The van der Waals surface area contributed by atoms with E-state index in [0.717, 1.165) is 10.2 Å². The zero-order chi connectivity index (χ0) is 12.2. The van der Waals surface area contributed by atoms with Crippen molar-refractivity contribution in [2.24, 2.45) is 5.41 Å². The van der Waals surface area contributed by atoms with E-state index >= 15 is 0 Å². The highest BCUT2D eigenvalue weighted by molar-refractivity contribution is 9.10. The van der Waals surface area contributed by atoms with Crippen LogP contribution >= 0.6 is 27.7 Å². The fourth-order valence-corrected chi connectivity index (χ4v) is 2.47. The van der Waals surface area contributed by atoms with Gasteiger partial charge in [-0.05, 0) is 17.7 Å². The van der Waals surface area contributed by atoms with Crippen LogP contribution in [-0.2, 0) is 10.5 Å². The van der Waals surface area contributed by atoms with Crippen LogP contribution in [0, 0.1) is 5.41 Å². The Morgan fingerprint density at radius 1 is 1.25 bits per heavy atom. The van der Waals surface area contributed by atoms with Crippen LogP contribution in [-0.4, -0.2) is 11.5 Å². The molecule has 0 aliphatic rings. The molecule has 16 heavy (non-hydrogen) atoms. The van der Waals surface area contributed by atoms with Gasteiger partial charge >= 0.3 is 0 Å². The van der Waals surface area contributed by atoms with Gasteiger partial charge in [-0.3, -0.25) is 4.79 Å². The Balaban J connectivity index is 2.36. The molecule has 0 amide bonds. The van der Waals surface area contributed by atoms with E-state index in [1.165, 1.54) is 5.56 Å². The minimum absolute atomic E-state index is 0.216. The molecule has 0 aromatic heterocycles. The molecule has 0 fully saturated rings. The van der Waals surface area contributed by atoms with Crippen LogP contribution in [0.25, 0.3) is 0 Å². The first-order valence-electron chi connectivity index (χ1n) is 5.25. The van der Waals surface area contributed by atoms with Crippen LogP contribution in [0.4, 0.5) is 0 Å². The van der Waals surface area contributed by atoms with Gasteiger partial charge in [0.15, 0.2) is 0 Å². The second-order valence-corrected chi connectivity index (χ2v) is 6.69. The quantitative estimate of drug-likeness (QED) is 0.825. The van der Waals surface area contributed by atoms with Crippen molar-refractivity contribution >= 4 is 33.5 Å². The molecule has 1 aromatic rings. The predicted octanol–water partition coefficient (Wildman–Crippen LogP) is 4.30. The van der Waals surface area contributed by atoms with Crippen molar-refractivity contribution in [3.8, 4) is 0 Å². The lowest BCUT2D eigenvalue weighted by molar-refractivity contribution is -0.123. The van der Waals surface area contributed by atoms with Crippen LogP contribution in [0.5, 0.6) is 0 Å². The molecular formula is C13H17BrOS. The number of halogens is 1. The number of rotatable bonds is 4. The Bertz CT molecular complexity index is 351. The largest absolute Gasteiger partial charge is 0.298 e. The molecule has 0 bridgehead atoms. The lowest BCUT2D eigenvalue weighted by atomic mass is 9.92. The Morgan fingerprint density at radius 3 is 2.31 bits per heavy atom. The first kappa shape index (κ1) is 13.8. The van der Waals surface area contributed by atoms with Gasteiger partial charge in [-0.15, -0.1) is 11.8 Å². The van der Waals surface area contributed by atoms with E-state index in [1.807, 2.05) is 32.9 Å². The lowest BCUT2D eigenvalue weighted by Gasteiger charge is -2.15. The second-order valence-electron chi connectivity index (χ2n) is 4.79. The fraction of sp³-hybridized carbons (Fsp3) is 0.462. The van der Waals surface area contributed by atoms with Gasteiger partial charge in [0.25, 0.3) is 0 Å². The van der Waals surface area contributed by atoms with E-state index in [1.54, 1.807) is 11.8 Å². The average molecular weight is 301 g/mol. The van der Waals surface area contributed by atoms with E-state index in [4.69, 9.17) is 0 Å². The van der Waals surface area contributed by atoms with Crippen molar-refractivity contribution in [3.63, 3.8) is 0 Å². The molecule has 88 valence electrons. The summed E-state index contributed by atoms with van der Waals surface area (Å²) in [7, 11) is 0. The highest BCUT2D eigenvalue weighted by atomic mass is 79.9. The van der Waals surface area contributed by atoms with Crippen molar-refractivity contribution < 1.29 is 4.79 Å². The number of Topliss-reactive ketones (excluding diaryl/α,β-unsaturated/α-hetero) is 1. The molecule has 0 atom stereocenters. The van der Waals surface area contributed by atoms with Gasteiger partial charge in [0.05, 0.1) is 5.75 Å². The van der Waals surface area contributed by atoms with Crippen LogP contribution in [0.3, 0.4) is 0 Å². The Morgan fingerprint density at radius 2 is 1.81 bits per heavy atom. The molecule has 0 saturated carbocycles. The third kappa shape index (κ3) is 4.71. The van der Waals surface area contributed by atoms with Crippen molar-refractivity contribution in [1.82, 2.24) is 0 Å². The maximum atomic E-state index is 11.7. The van der Waals surface area contributed by atoms with Gasteiger partial charge in [0.1, 0.15) is 5.78 Å². The number of ketones is 1. The number of benzene rings is 1. The van der Waals surface area contributed by atoms with Gasteiger partial charge in [-0.1, -0.05) is 48.8 Å². The summed E-state index contributed by atoms with van der Waals surface area (Å²) in [5, 5.41) is 0. The summed E-state index contributed by atoms with van der Waals surface area (Å²) in [5.41, 5.74) is 1.04. The van der Waals surface area contributed by atoms with E-state index in [2.05, 4.69) is 28.1 Å². The molecule has 0 aliphatic carbocycles. The first-order chi connectivity index (χ1) is 7.39. The molecule has 0 radical (unpaired) electrons. The summed E-state index contributed by atoms with van der Waals surface area (Å²) in [4.78, 5) is 11.7. The number of hydrogen-bond acceptors (Lipinski definition) is 2. The third-order valence-corrected chi connectivity index (χ3v) is 3.78. The van der Waals surface area contributed by atoms with E-state index in [9.17, 15) is 4.79 Å². The number of carbonyl (C=O) groups is 1. The van der Waals surface area contributed by atoms with Crippen LogP contribution in [0.15, 0.2) is 28.7 Å². The fourth-order valence-electron chi connectivity index (χ4n) is 1.06. The molecule has 0 spiro atoms. The maximum Gasteiger partial charge on any atom is 0.148 e. The molecule has 0 N–H and O–H groups in total. The van der Waals surface area contributed by atoms with Crippen LogP contribution in [0.2, 0.25) is 0 Å². The first-order valence-corrected chi connectivity index (χ1v) is 7.20. The summed E-state index contributed by atoms with van der Waals surface area (Å²) in [6.07, 6.45) is 0. The third-order valence-electron chi connectivity index (χ3n) is 2.25. The summed E-state index contributed by atoms with van der Waals surface area (Å²) in [5.74, 6) is 1.81. The number of thioether (sulfide) groups is 1. The topological polar surface area (TPSA) is 17.1 Å². The van der Waals surface area contributed by atoms with Gasteiger partial charge in [-0.2, -0.15) is 0 Å². The molecule has 1 aromatic carbocycles. The average Bonchev–Trinajstić information content (AvgIpc) is 2.19. The predicted molar refractivity (Wildman–Crippen MR) is 74.8 cm³/mol. The standard InChI is InChI=1S/C13H17BrOS/c1-13(2,3)12(15)9-16-8-10-4-6-11(14)7-5-10/h4-7H,8-9H2,1-3H3. The Labute approximate surface area is 110 Å². The van der Waals surface area contributed by atoms with E-state index in [-0.39, 0.29) is 5.41 Å². The molecule has 0 unspecified atom stereocenters. The van der Waals surface area contributed by atoms with Crippen molar-refractivity contribution in [3.05, 3.63) is 34.3 Å². The smallest absolute Gasteiger partial charge is 0.148 e. The van der Waals surface area contributed by atoms with Gasteiger partial charge in [0.2, 0.25) is 0 Å². The van der Waals surface area contributed by atoms with Crippen molar-refractivity contribution in [2.45, 2.75) is 26.5 Å². The molecular weight excluding hydrogens is 284 g/mol. The van der Waals surface area contributed by atoms with Crippen molar-refractivity contribution in [2.75, 3.05) is 5.75 Å². The minimum Gasteiger partial charge on any atom is -0.298 e. The molecule has 0 heterocycles. The summed E-state index contributed by atoms with van der Waals surface area (Å²) in [6.45, 7) is 5.90. The molecule has 0 saturated heterocycles. The number of hydrogen-bond donors (Lipinski definition) is 0. The summed E-state index contributed by atoms with van der Waals surface area (Å²) < 4.78 is 1.09. The van der Waals surface area contributed by atoms with Gasteiger partial charge in [0, 0.05) is 15.6 Å². The van der Waals surface area contributed by atoms with Gasteiger partial charge < -0.3 is 0 Å². The zero-order valence-electron chi connectivity index (χ0n) is 9.92. The monoisotopic (exact) mass is 300 g/mol. The molecule has 3 heteroatoms. The lowest BCUT2D eigenvalue weighted by Crippen LogP contribution is -2.22. The molecule has 1 rings (SSSR count). The summed E-state index contributed by atoms with van der Waals surface area (Å²) >= 11 is 5.08. The highest BCUT2D eigenvalue weighted by Crippen LogP contribution is 2.20. The second kappa shape index (κ2) is 5.87. The normalized spacial score (nSPS) is 11.5.